The first-order valence-corrected chi connectivity index (χ1v) is 8.76. The Labute approximate surface area is 145 Å². The monoisotopic (exact) mass is 336 g/mol. The van der Waals surface area contributed by atoms with E-state index < -0.39 is 0 Å². The van der Waals surface area contributed by atoms with E-state index in [1.54, 1.807) is 0 Å². The van der Waals surface area contributed by atoms with Crippen molar-refractivity contribution in [2.24, 2.45) is 12.0 Å². The van der Waals surface area contributed by atoms with Crippen LogP contribution in [0.25, 0.3) is 0 Å². The topological polar surface area (TPSA) is 66.7 Å². The lowest BCUT2D eigenvalue weighted by molar-refractivity contribution is -0.00833. The van der Waals surface area contributed by atoms with E-state index in [0.717, 1.165) is 58.2 Å². The van der Waals surface area contributed by atoms with Gasteiger partial charge in [0, 0.05) is 52.0 Å². The van der Waals surface area contributed by atoms with Gasteiger partial charge in [-0.05, 0) is 32.3 Å². The molecule has 0 atom stereocenters. The van der Waals surface area contributed by atoms with Gasteiger partial charge >= 0.3 is 0 Å². The average Bonchev–Trinajstić information content (AvgIpc) is 3.00. The van der Waals surface area contributed by atoms with Crippen molar-refractivity contribution in [1.82, 2.24) is 25.3 Å². The Hall–Kier alpha value is -1.60. The fourth-order valence-corrected chi connectivity index (χ4v) is 2.90. The number of guanidine groups is 1. The predicted molar refractivity (Wildman–Crippen MR) is 97.4 cm³/mol. The molecule has 0 amide bonds. The first-order valence-electron chi connectivity index (χ1n) is 8.76. The van der Waals surface area contributed by atoms with Crippen LogP contribution in [0.1, 0.15) is 25.8 Å². The zero-order valence-electron chi connectivity index (χ0n) is 15.5. The number of rotatable bonds is 7. The number of nitrogens with one attached hydrogen (secondary N) is 2. The van der Waals surface area contributed by atoms with Crippen LogP contribution in [0, 0.1) is 0 Å². The standard InChI is InChI=1S/C17H32N6O/c1-17(2,23-8-10-24-11-9-23)14-20-16(18-3)19-7-5-6-15-12-21-22(4)13-15/h12-13H,5-11,14H2,1-4H3,(H2,18,19,20). The smallest absolute Gasteiger partial charge is 0.191 e. The Bertz CT molecular complexity index is 519. The van der Waals surface area contributed by atoms with Gasteiger partial charge in [-0.25, -0.2) is 0 Å². The first kappa shape index (κ1) is 18.7. The van der Waals surface area contributed by atoms with Crippen molar-refractivity contribution in [2.75, 3.05) is 46.4 Å². The molecular weight excluding hydrogens is 304 g/mol. The fraction of sp³-hybridized carbons (Fsp3) is 0.765. The van der Waals surface area contributed by atoms with E-state index in [-0.39, 0.29) is 5.54 Å². The maximum absolute atomic E-state index is 5.44. The van der Waals surface area contributed by atoms with Crippen molar-refractivity contribution in [3.8, 4) is 0 Å². The third-order valence-electron chi connectivity index (χ3n) is 4.47. The molecule has 2 rings (SSSR count). The van der Waals surface area contributed by atoms with Crippen LogP contribution in [0.5, 0.6) is 0 Å². The molecule has 0 unspecified atom stereocenters. The molecule has 2 heterocycles. The van der Waals surface area contributed by atoms with E-state index in [1.165, 1.54) is 5.56 Å². The molecule has 1 aromatic heterocycles. The number of aliphatic imine (C=N–C) groups is 1. The molecular formula is C17H32N6O. The minimum atomic E-state index is 0.0805. The van der Waals surface area contributed by atoms with Gasteiger partial charge in [0.1, 0.15) is 0 Å². The van der Waals surface area contributed by atoms with Gasteiger partial charge in [-0.3, -0.25) is 14.6 Å². The molecule has 0 saturated carbocycles. The molecule has 1 saturated heterocycles. The van der Waals surface area contributed by atoms with Crippen LogP contribution in [0.2, 0.25) is 0 Å². The molecule has 7 heteroatoms. The predicted octanol–water partition coefficient (Wildman–Crippen LogP) is 0.629. The molecule has 24 heavy (non-hydrogen) atoms. The van der Waals surface area contributed by atoms with Gasteiger partial charge in [0.2, 0.25) is 0 Å². The highest BCUT2D eigenvalue weighted by molar-refractivity contribution is 5.79. The van der Waals surface area contributed by atoms with Crippen LogP contribution in [-0.4, -0.2) is 72.6 Å². The van der Waals surface area contributed by atoms with Crippen molar-refractivity contribution < 1.29 is 4.74 Å². The Morgan fingerprint density at radius 3 is 2.71 bits per heavy atom. The van der Waals surface area contributed by atoms with Crippen molar-refractivity contribution in [1.29, 1.82) is 0 Å². The van der Waals surface area contributed by atoms with Crippen LogP contribution < -0.4 is 10.6 Å². The molecule has 0 radical (unpaired) electrons. The Kier molecular flexibility index (Phi) is 7.05. The first-order chi connectivity index (χ1) is 11.5. The number of hydrogen-bond acceptors (Lipinski definition) is 4. The molecule has 7 nitrogen and oxygen atoms in total. The molecule has 0 aliphatic carbocycles. The number of ether oxygens (including phenoxy) is 1. The van der Waals surface area contributed by atoms with Crippen LogP contribution in [0.4, 0.5) is 0 Å². The summed E-state index contributed by atoms with van der Waals surface area (Å²) in [5, 5.41) is 11.0. The van der Waals surface area contributed by atoms with Gasteiger partial charge in [-0.2, -0.15) is 5.10 Å². The number of aryl methyl sites for hydroxylation is 2. The maximum Gasteiger partial charge on any atom is 0.191 e. The summed E-state index contributed by atoms with van der Waals surface area (Å²) < 4.78 is 7.29. The highest BCUT2D eigenvalue weighted by Crippen LogP contribution is 2.14. The summed E-state index contributed by atoms with van der Waals surface area (Å²) in [4.78, 5) is 6.79. The number of nitrogens with zero attached hydrogens (tertiary/aromatic N) is 4. The molecule has 1 aliphatic heterocycles. The molecule has 0 aromatic carbocycles. The normalized spacial score (nSPS) is 17.1. The molecule has 1 fully saturated rings. The average molecular weight is 336 g/mol. The lowest BCUT2D eigenvalue weighted by Gasteiger charge is -2.41. The lowest BCUT2D eigenvalue weighted by Crippen LogP contribution is -2.56. The number of aromatic nitrogens is 2. The molecule has 1 aromatic rings. The molecule has 0 bridgehead atoms. The quantitative estimate of drug-likeness (QED) is 0.434. The number of hydrogen-bond donors (Lipinski definition) is 2. The van der Waals surface area contributed by atoms with Crippen LogP contribution in [0.15, 0.2) is 17.4 Å². The van der Waals surface area contributed by atoms with Gasteiger partial charge < -0.3 is 15.4 Å². The lowest BCUT2D eigenvalue weighted by atomic mass is 10.0. The van der Waals surface area contributed by atoms with Crippen molar-refractivity contribution in [3.05, 3.63) is 18.0 Å². The van der Waals surface area contributed by atoms with Crippen LogP contribution >= 0.6 is 0 Å². The summed E-state index contributed by atoms with van der Waals surface area (Å²) in [7, 11) is 3.77. The van der Waals surface area contributed by atoms with Crippen molar-refractivity contribution >= 4 is 5.96 Å². The molecule has 2 N–H and O–H groups in total. The summed E-state index contributed by atoms with van der Waals surface area (Å²) in [5.74, 6) is 0.863. The Balaban J connectivity index is 1.67. The van der Waals surface area contributed by atoms with Crippen molar-refractivity contribution in [3.63, 3.8) is 0 Å². The van der Waals surface area contributed by atoms with Gasteiger partial charge in [-0.1, -0.05) is 0 Å². The highest BCUT2D eigenvalue weighted by Gasteiger charge is 2.28. The van der Waals surface area contributed by atoms with Gasteiger partial charge in [0.25, 0.3) is 0 Å². The van der Waals surface area contributed by atoms with Crippen LogP contribution in [-0.2, 0) is 18.2 Å². The van der Waals surface area contributed by atoms with E-state index in [1.807, 2.05) is 25.0 Å². The largest absolute Gasteiger partial charge is 0.379 e. The summed E-state index contributed by atoms with van der Waals surface area (Å²) in [6.45, 7) is 9.91. The fourth-order valence-electron chi connectivity index (χ4n) is 2.90. The summed E-state index contributed by atoms with van der Waals surface area (Å²) in [6, 6.07) is 0. The zero-order valence-corrected chi connectivity index (χ0v) is 15.5. The molecule has 1 aliphatic rings. The van der Waals surface area contributed by atoms with E-state index in [2.05, 4.69) is 45.7 Å². The van der Waals surface area contributed by atoms with E-state index >= 15 is 0 Å². The summed E-state index contributed by atoms with van der Waals surface area (Å²) in [6.07, 6.45) is 6.08. The number of morpholine rings is 1. The minimum Gasteiger partial charge on any atom is -0.379 e. The maximum atomic E-state index is 5.44. The molecule has 0 spiro atoms. The SMILES string of the molecule is CN=C(NCCCc1cnn(C)c1)NCC(C)(C)N1CCOCC1. The van der Waals surface area contributed by atoms with Gasteiger partial charge in [0.15, 0.2) is 5.96 Å². The van der Waals surface area contributed by atoms with Gasteiger partial charge in [0.05, 0.1) is 19.4 Å². The van der Waals surface area contributed by atoms with E-state index in [9.17, 15) is 0 Å². The zero-order chi connectivity index (χ0) is 17.4. The summed E-state index contributed by atoms with van der Waals surface area (Å²) in [5.41, 5.74) is 1.35. The second-order valence-electron chi connectivity index (χ2n) is 6.89. The van der Waals surface area contributed by atoms with Gasteiger partial charge in [-0.15, -0.1) is 0 Å². The third-order valence-corrected chi connectivity index (χ3v) is 4.47. The second-order valence-corrected chi connectivity index (χ2v) is 6.89. The summed E-state index contributed by atoms with van der Waals surface area (Å²) >= 11 is 0. The van der Waals surface area contributed by atoms with E-state index in [4.69, 9.17) is 4.74 Å². The molecule has 136 valence electrons. The minimum absolute atomic E-state index is 0.0805. The Morgan fingerprint density at radius 1 is 1.33 bits per heavy atom. The second kappa shape index (κ2) is 9.03. The van der Waals surface area contributed by atoms with Crippen LogP contribution in [0.3, 0.4) is 0 Å². The highest BCUT2D eigenvalue weighted by atomic mass is 16.5. The van der Waals surface area contributed by atoms with E-state index in [0.29, 0.717) is 0 Å². The third kappa shape index (κ3) is 5.79. The van der Waals surface area contributed by atoms with Crippen molar-refractivity contribution in [2.45, 2.75) is 32.2 Å². The Morgan fingerprint density at radius 2 is 2.08 bits per heavy atom.